The zero-order valence-corrected chi connectivity index (χ0v) is 13.9. The number of para-hydroxylation sites is 1. The Labute approximate surface area is 142 Å². The Morgan fingerprint density at radius 2 is 1.58 bits per heavy atom. The van der Waals surface area contributed by atoms with Crippen LogP contribution in [0.5, 0.6) is 0 Å². The lowest BCUT2D eigenvalue weighted by Crippen LogP contribution is -2.45. The number of amides is 2. The third-order valence-corrected chi connectivity index (χ3v) is 4.52. The molecule has 0 unspecified atom stereocenters. The van der Waals surface area contributed by atoms with Crippen LogP contribution in [-0.4, -0.2) is 18.4 Å². The van der Waals surface area contributed by atoms with Gasteiger partial charge >= 0.3 is 0 Å². The Bertz CT molecular complexity index is 709. The minimum atomic E-state index is -0.888. The molecule has 0 spiro atoms. The number of nitrogens with one attached hydrogen (secondary N) is 1. The fourth-order valence-electron chi connectivity index (χ4n) is 2.92. The van der Waals surface area contributed by atoms with E-state index in [0.29, 0.717) is 25.9 Å². The van der Waals surface area contributed by atoms with Crippen molar-refractivity contribution in [2.75, 3.05) is 11.4 Å². The van der Waals surface area contributed by atoms with E-state index in [-0.39, 0.29) is 11.8 Å². The van der Waals surface area contributed by atoms with Crippen LogP contribution in [0.1, 0.15) is 25.3 Å². The van der Waals surface area contributed by atoms with Crippen LogP contribution < -0.4 is 10.2 Å². The lowest BCUT2D eigenvalue weighted by Gasteiger charge is -2.26. The average molecular weight is 322 g/mol. The number of benzene rings is 2. The molecule has 0 radical (unpaired) electrons. The van der Waals surface area contributed by atoms with E-state index in [1.165, 1.54) is 0 Å². The van der Waals surface area contributed by atoms with E-state index in [0.717, 1.165) is 11.3 Å². The maximum atomic E-state index is 13.0. The van der Waals surface area contributed by atoms with Crippen LogP contribution in [0.4, 0.5) is 5.69 Å². The molecular weight excluding hydrogens is 300 g/mol. The Hall–Kier alpha value is -2.62. The summed E-state index contributed by atoms with van der Waals surface area (Å²) in [5.74, 6) is -0.257. The highest BCUT2D eigenvalue weighted by Crippen LogP contribution is 2.48. The van der Waals surface area contributed by atoms with E-state index in [4.69, 9.17) is 0 Å². The zero-order valence-electron chi connectivity index (χ0n) is 13.9. The zero-order chi connectivity index (χ0) is 17.0. The molecule has 1 N–H and O–H groups in total. The van der Waals surface area contributed by atoms with Crippen LogP contribution in [0.2, 0.25) is 0 Å². The van der Waals surface area contributed by atoms with Crippen LogP contribution in [0.15, 0.2) is 60.7 Å². The predicted octanol–water partition coefficient (Wildman–Crippen LogP) is 3.14. The fourth-order valence-corrected chi connectivity index (χ4v) is 2.92. The molecule has 0 aromatic heterocycles. The number of carbonyl (C=O) groups is 2. The summed E-state index contributed by atoms with van der Waals surface area (Å²) in [7, 11) is 0. The third kappa shape index (κ3) is 3.18. The quantitative estimate of drug-likeness (QED) is 0.831. The van der Waals surface area contributed by atoms with E-state index in [9.17, 15) is 9.59 Å². The second-order valence-corrected chi connectivity index (χ2v) is 6.14. The van der Waals surface area contributed by atoms with Crippen molar-refractivity contribution in [1.29, 1.82) is 0 Å². The van der Waals surface area contributed by atoms with Gasteiger partial charge in [-0.25, -0.2) is 0 Å². The molecule has 3 rings (SSSR count). The second kappa shape index (κ2) is 6.87. The molecule has 24 heavy (non-hydrogen) atoms. The second-order valence-electron chi connectivity index (χ2n) is 6.14. The van der Waals surface area contributed by atoms with Crippen LogP contribution in [-0.2, 0) is 16.1 Å². The molecule has 0 atom stereocenters. The summed E-state index contributed by atoms with van der Waals surface area (Å²) in [4.78, 5) is 27.3. The highest BCUT2D eigenvalue weighted by molar-refractivity contribution is 6.14. The molecule has 4 heteroatoms. The Morgan fingerprint density at radius 3 is 2.12 bits per heavy atom. The van der Waals surface area contributed by atoms with Crippen molar-refractivity contribution < 1.29 is 9.59 Å². The molecule has 0 heterocycles. The standard InChI is InChI=1S/C20H22N2O2/c1-2-22(17-11-7-4-8-12-17)19(24)20(13-14-20)18(23)21-15-16-9-5-3-6-10-16/h3-12H,2,13-15H2,1H3,(H,21,23). The summed E-state index contributed by atoms with van der Waals surface area (Å²) in [6.07, 6.45) is 1.24. The van der Waals surface area contributed by atoms with Gasteiger partial charge in [0.15, 0.2) is 0 Å². The summed E-state index contributed by atoms with van der Waals surface area (Å²) < 4.78 is 0. The summed E-state index contributed by atoms with van der Waals surface area (Å²) in [6.45, 7) is 2.94. The van der Waals surface area contributed by atoms with Gasteiger partial charge in [0.1, 0.15) is 5.41 Å². The van der Waals surface area contributed by atoms with Gasteiger partial charge in [0.05, 0.1) is 0 Å². The number of hydrogen-bond donors (Lipinski definition) is 1. The van der Waals surface area contributed by atoms with E-state index >= 15 is 0 Å². The number of hydrogen-bond acceptors (Lipinski definition) is 2. The molecule has 1 fully saturated rings. The Balaban J connectivity index is 1.70. The molecule has 2 aromatic rings. The van der Waals surface area contributed by atoms with Gasteiger partial charge in [0.25, 0.3) is 0 Å². The van der Waals surface area contributed by atoms with Gasteiger partial charge in [0.2, 0.25) is 11.8 Å². The predicted molar refractivity (Wildman–Crippen MR) is 94.4 cm³/mol. The highest BCUT2D eigenvalue weighted by Gasteiger charge is 2.57. The van der Waals surface area contributed by atoms with Crippen molar-refractivity contribution in [2.24, 2.45) is 5.41 Å². The normalized spacial score (nSPS) is 14.7. The summed E-state index contributed by atoms with van der Waals surface area (Å²) >= 11 is 0. The molecule has 0 bridgehead atoms. The van der Waals surface area contributed by atoms with E-state index in [1.54, 1.807) is 4.90 Å². The van der Waals surface area contributed by atoms with Gasteiger partial charge in [-0.1, -0.05) is 48.5 Å². The first-order valence-electron chi connectivity index (χ1n) is 8.36. The number of rotatable bonds is 6. The average Bonchev–Trinajstić information content (AvgIpc) is 3.44. The SMILES string of the molecule is CCN(C(=O)C1(C(=O)NCc2ccccc2)CC1)c1ccccc1. The van der Waals surface area contributed by atoms with Gasteiger partial charge in [-0.2, -0.15) is 0 Å². The van der Waals surface area contributed by atoms with E-state index in [2.05, 4.69) is 5.32 Å². The smallest absolute Gasteiger partial charge is 0.242 e. The first-order chi connectivity index (χ1) is 11.7. The van der Waals surface area contributed by atoms with Gasteiger partial charge in [-0.15, -0.1) is 0 Å². The minimum absolute atomic E-state index is 0.0956. The molecule has 4 nitrogen and oxygen atoms in total. The molecule has 0 saturated heterocycles. The molecule has 0 aliphatic heterocycles. The number of anilines is 1. The number of nitrogens with zero attached hydrogens (tertiary/aromatic N) is 1. The Morgan fingerprint density at radius 1 is 1.00 bits per heavy atom. The Kier molecular flexibility index (Phi) is 4.65. The minimum Gasteiger partial charge on any atom is -0.351 e. The van der Waals surface area contributed by atoms with Crippen molar-refractivity contribution in [2.45, 2.75) is 26.3 Å². The third-order valence-electron chi connectivity index (χ3n) is 4.52. The molecule has 2 aromatic carbocycles. The first-order valence-corrected chi connectivity index (χ1v) is 8.36. The molecular formula is C20H22N2O2. The maximum absolute atomic E-state index is 13.0. The van der Waals surface area contributed by atoms with Crippen LogP contribution >= 0.6 is 0 Å². The molecule has 1 aliphatic carbocycles. The van der Waals surface area contributed by atoms with Gasteiger partial charge in [-0.3, -0.25) is 9.59 Å². The van der Waals surface area contributed by atoms with Crippen LogP contribution in [0, 0.1) is 5.41 Å². The summed E-state index contributed by atoms with van der Waals surface area (Å²) in [5, 5.41) is 2.93. The maximum Gasteiger partial charge on any atom is 0.242 e. The van der Waals surface area contributed by atoms with E-state index in [1.807, 2.05) is 67.6 Å². The van der Waals surface area contributed by atoms with Gasteiger partial charge < -0.3 is 10.2 Å². The van der Waals surface area contributed by atoms with Crippen molar-refractivity contribution in [1.82, 2.24) is 5.32 Å². The van der Waals surface area contributed by atoms with Crippen molar-refractivity contribution in [3.8, 4) is 0 Å². The highest BCUT2D eigenvalue weighted by atomic mass is 16.2. The van der Waals surface area contributed by atoms with Crippen molar-refractivity contribution in [3.05, 3.63) is 66.2 Å². The lowest BCUT2D eigenvalue weighted by atomic mass is 10.0. The van der Waals surface area contributed by atoms with Crippen molar-refractivity contribution in [3.63, 3.8) is 0 Å². The van der Waals surface area contributed by atoms with Crippen molar-refractivity contribution >= 4 is 17.5 Å². The van der Waals surface area contributed by atoms with E-state index < -0.39 is 5.41 Å². The van der Waals surface area contributed by atoms with Gasteiger partial charge in [0, 0.05) is 18.8 Å². The number of carbonyl (C=O) groups excluding carboxylic acids is 2. The van der Waals surface area contributed by atoms with Crippen LogP contribution in [0.25, 0.3) is 0 Å². The monoisotopic (exact) mass is 322 g/mol. The molecule has 1 aliphatic rings. The molecule has 124 valence electrons. The first kappa shape index (κ1) is 16.2. The fraction of sp³-hybridized carbons (Fsp3) is 0.300. The molecule has 1 saturated carbocycles. The summed E-state index contributed by atoms with van der Waals surface area (Å²) in [5.41, 5.74) is 0.984. The van der Waals surface area contributed by atoms with Gasteiger partial charge in [-0.05, 0) is 37.5 Å². The largest absolute Gasteiger partial charge is 0.351 e. The molecule has 2 amide bonds. The summed E-state index contributed by atoms with van der Waals surface area (Å²) in [6, 6.07) is 19.3. The lowest BCUT2D eigenvalue weighted by molar-refractivity contribution is -0.135. The topological polar surface area (TPSA) is 49.4 Å². The van der Waals surface area contributed by atoms with Crippen LogP contribution in [0.3, 0.4) is 0 Å².